The van der Waals surface area contributed by atoms with E-state index in [1.807, 2.05) is 0 Å². The van der Waals surface area contributed by atoms with E-state index in [1.54, 1.807) is 16.9 Å². The van der Waals surface area contributed by atoms with E-state index in [9.17, 15) is 12.8 Å². The van der Waals surface area contributed by atoms with Gasteiger partial charge in [-0.25, -0.2) is 17.5 Å². The minimum atomic E-state index is -3.93. The molecule has 3 rings (SSSR count). The highest BCUT2D eigenvalue weighted by Gasteiger charge is 2.35. The lowest BCUT2D eigenvalue weighted by Crippen LogP contribution is -2.30. The molecule has 1 fully saturated rings. The van der Waals surface area contributed by atoms with E-state index in [4.69, 9.17) is 5.26 Å². The predicted molar refractivity (Wildman–Crippen MR) is 73.5 cm³/mol. The van der Waals surface area contributed by atoms with Gasteiger partial charge in [-0.2, -0.15) is 9.57 Å². The van der Waals surface area contributed by atoms with E-state index in [0.717, 1.165) is 12.1 Å². The normalized spacial score (nSPS) is 19.2. The van der Waals surface area contributed by atoms with Crippen LogP contribution in [0.1, 0.15) is 18.0 Å². The third-order valence-electron chi connectivity index (χ3n) is 3.62. The van der Waals surface area contributed by atoms with Crippen LogP contribution >= 0.6 is 0 Å². The van der Waals surface area contributed by atoms with Gasteiger partial charge in [0.2, 0.25) is 10.0 Å². The SMILES string of the molecule is N#Cc1ccc(S(=O)(=O)N2CCC(n3ccnn3)C2)c(F)c1. The number of sulfonamides is 1. The Morgan fingerprint density at radius 1 is 1.41 bits per heavy atom. The maximum absolute atomic E-state index is 14.0. The van der Waals surface area contributed by atoms with E-state index in [-0.39, 0.29) is 24.7 Å². The highest BCUT2D eigenvalue weighted by atomic mass is 32.2. The third-order valence-corrected chi connectivity index (χ3v) is 5.52. The van der Waals surface area contributed by atoms with Gasteiger partial charge in [0.15, 0.2) is 0 Å². The number of aromatic nitrogens is 3. The number of rotatable bonds is 3. The third kappa shape index (κ3) is 2.47. The molecule has 2 aromatic rings. The van der Waals surface area contributed by atoms with Crippen LogP contribution in [-0.2, 0) is 10.0 Å². The zero-order valence-corrected chi connectivity index (χ0v) is 12.2. The van der Waals surface area contributed by atoms with Crippen LogP contribution < -0.4 is 0 Å². The first-order valence-electron chi connectivity index (χ1n) is 6.58. The lowest BCUT2D eigenvalue weighted by molar-refractivity contribution is 0.425. The Bertz CT molecular complexity index is 829. The van der Waals surface area contributed by atoms with Crippen molar-refractivity contribution in [3.63, 3.8) is 0 Å². The van der Waals surface area contributed by atoms with Crippen LogP contribution in [-0.4, -0.2) is 40.8 Å². The quantitative estimate of drug-likeness (QED) is 0.838. The van der Waals surface area contributed by atoms with Crippen molar-refractivity contribution >= 4 is 10.0 Å². The Morgan fingerprint density at radius 2 is 2.23 bits per heavy atom. The lowest BCUT2D eigenvalue weighted by atomic mass is 10.2. The van der Waals surface area contributed by atoms with Crippen molar-refractivity contribution in [2.24, 2.45) is 0 Å². The molecular weight excluding hydrogens is 309 g/mol. The summed E-state index contributed by atoms with van der Waals surface area (Å²) in [6.45, 7) is 0.497. The molecule has 0 radical (unpaired) electrons. The van der Waals surface area contributed by atoms with E-state index in [0.29, 0.717) is 6.42 Å². The first kappa shape index (κ1) is 14.6. The first-order valence-corrected chi connectivity index (χ1v) is 8.02. The van der Waals surface area contributed by atoms with Gasteiger partial charge < -0.3 is 0 Å². The van der Waals surface area contributed by atoms with Crippen LogP contribution in [0.4, 0.5) is 4.39 Å². The molecule has 0 aliphatic carbocycles. The fraction of sp³-hybridized carbons (Fsp3) is 0.308. The molecule has 1 aromatic carbocycles. The van der Waals surface area contributed by atoms with Gasteiger partial charge in [-0.3, -0.25) is 0 Å². The van der Waals surface area contributed by atoms with Gasteiger partial charge in [-0.1, -0.05) is 5.21 Å². The summed E-state index contributed by atoms with van der Waals surface area (Å²) in [4.78, 5) is -0.411. The lowest BCUT2D eigenvalue weighted by Gasteiger charge is -2.17. The monoisotopic (exact) mass is 321 g/mol. The molecule has 0 saturated carbocycles. The number of nitrogens with zero attached hydrogens (tertiary/aromatic N) is 5. The second-order valence-corrected chi connectivity index (χ2v) is 6.85. The molecule has 0 N–H and O–H groups in total. The molecule has 1 aromatic heterocycles. The molecule has 0 spiro atoms. The summed E-state index contributed by atoms with van der Waals surface area (Å²) < 4.78 is 41.9. The van der Waals surface area contributed by atoms with E-state index in [2.05, 4.69) is 10.3 Å². The van der Waals surface area contributed by atoms with Crippen molar-refractivity contribution in [2.45, 2.75) is 17.4 Å². The average molecular weight is 321 g/mol. The summed E-state index contributed by atoms with van der Waals surface area (Å²) in [6.07, 6.45) is 3.78. The number of hydrogen-bond donors (Lipinski definition) is 0. The zero-order chi connectivity index (χ0) is 15.7. The Balaban J connectivity index is 1.87. The Labute approximate surface area is 126 Å². The van der Waals surface area contributed by atoms with Crippen molar-refractivity contribution in [3.8, 4) is 6.07 Å². The largest absolute Gasteiger partial charge is 0.248 e. The van der Waals surface area contributed by atoms with Crippen molar-refractivity contribution in [1.82, 2.24) is 19.3 Å². The molecule has 114 valence electrons. The van der Waals surface area contributed by atoms with Gasteiger partial charge in [-0.05, 0) is 24.6 Å². The fourth-order valence-electron chi connectivity index (χ4n) is 2.48. The van der Waals surface area contributed by atoms with Crippen molar-refractivity contribution in [2.75, 3.05) is 13.1 Å². The van der Waals surface area contributed by atoms with Gasteiger partial charge in [0.1, 0.15) is 10.7 Å². The molecule has 7 nitrogen and oxygen atoms in total. The minimum absolute atomic E-state index is 0.0818. The van der Waals surface area contributed by atoms with Crippen LogP contribution in [0.25, 0.3) is 0 Å². The zero-order valence-electron chi connectivity index (χ0n) is 11.4. The van der Waals surface area contributed by atoms with Gasteiger partial charge in [0.05, 0.1) is 23.9 Å². The molecule has 1 aliphatic rings. The van der Waals surface area contributed by atoms with E-state index in [1.165, 1.54) is 16.6 Å². The minimum Gasteiger partial charge on any atom is -0.248 e. The number of halogens is 1. The molecule has 0 bridgehead atoms. The molecule has 1 unspecified atom stereocenters. The standard InChI is InChI=1S/C13H12FN5O2S/c14-12-7-10(8-15)1-2-13(12)22(20,21)18-5-3-11(9-18)19-6-4-16-17-19/h1-2,4,6-7,11H,3,5,9H2. The van der Waals surface area contributed by atoms with Gasteiger partial charge in [-0.15, -0.1) is 5.10 Å². The summed E-state index contributed by atoms with van der Waals surface area (Å²) in [5, 5.41) is 16.3. The topological polar surface area (TPSA) is 91.9 Å². The van der Waals surface area contributed by atoms with Crippen LogP contribution in [0.2, 0.25) is 0 Å². The molecule has 0 amide bonds. The highest BCUT2D eigenvalue weighted by Crippen LogP contribution is 2.28. The van der Waals surface area contributed by atoms with E-state index >= 15 is 0 Å². The number of nitriles is 1. The Kier molecular flexibility index (Phi) is 3.64. The highest BCUT2D eigenvalue weighted by molar-refractivity contribution is 7.89. The van der Waals surface area contributed by atoms with Gasteiger partial charge in [0, 0.05) is 19.3 Å². The molecule has 1 atom stereocenters. The molecular formula is C13H12FN5O2S. The predicted octanol–water partition coefficient (Wildman–Crippen LogP) is 0.925. The first-order chi connectivity index (χ1) is 10.5. The fourth-order valence-corrected chi connectivity index (χ4v) is 4.01. The molecule has 9 heteroatoms. The summed E-state index contributed by atoms with van der Waals surface area (Å²) >= 11 is 0. The van der Waals surface area contributed by atoms with Crippen LogP contribution in [0, 0.1) is 17.1 Å². The summed E-state index contributed by atoms with van der Waals surface area (Å²) in [5.74, 6) is -0.914. The van der Waals surface area contributed by atoms with Crippen molar-refractivity contribution in [3.05, 3.63) is 42.0 Å². The second-order valence-electron chi connectivity index (χ2n) is 4.95. The summed E-state index contributed by atoms with van der Waals surface area (Å²) in [6, 6.07) is 5.01. The molecule has 2 heterocycles. The number of hydrogen-bond acceptors (Lipinski definition) is 5. The molecule has 1 aliphatic heterocycles. The van der Waals surface area contributed by atoms with Crippen molar-refractivity contribution in [1.29, 1.82) is 5.26 Å². The maximum atomic E-state index is 14.0. The Morgan fingerprint density at radius 3 is 2.86 bits per heavy atom. The average Bonchev–Trinajstić information content (AvgIpc) is 3.17. The van der Waals surface area contributed by atoms with E-state index < -0.39 is 20.7 Å². The summed E-state index contributed by atoms with van der Waals surface area (Å²) in [7, 11) is -3.93. The van der Waals surface area contributed by atoms with Gasteiger partial charge in [0.25, 0.3) is 0 Å². The molecule has 1 saturated heterocycles. The summed E-state index contributed by atoms with van der Waals surface area (Å²) in [5.41, 5.74) is 0.0818. The maximum Gasteiger partial charge on any atom is 0.246 e. The van der Waals surface area contributed by atoms with Crippen LogP contribution in [0.15, 0.2) is 35.5 Å². The van der Waals surface area contributed by atoms with Crippen LogP contribution in [0.5, 0.6) is 0 Å². The molecule has 22 heavy (non-hydrogen) atoms. The second kappa shape index (κ2) is 5.47. The van der Waals surface area contributed by atoms with Crippen LogP contribution in [0.3, 0.4) is 0 Å². The van der Waals surface area contributed by atoms with Crippen molar-refractivity contribution < 1.29 is 12.8 Å². The number of benzene rings is 1. The van der Waals surface area contributed by atoms with Gasteiger partial charge >= 0.3 is 0 Å². The smallest absolute Gasteiger partial charge is 0.246 e. The Hall–Kier alpha value is -2.31.